The lowest BCUT2D eigenvalue weighted by molar-refractivity contribution is -0.141. The van der Waals surface area contributed by atoms with E-state index in [0.29, 0.717) is 13.1 Å². The standard InChI is InChI=1S/2C20H26F3N5O2/c2*1-19(2,12-30-17-15(20(21,22)23)6-5-7-24-17)18(29)26-16-11-27(3)10-14(16)13-8-25-28(4)9-13/h2*5-9,14,16H,10-12H2,1-4H3,(H,26,29)/t2*14-,16+/m10/s1. The summed E-state index contributed by atoms with van der Waals surface area (Å²) in [6, 6.07) is 3.94. The predicted octanol–water partition coefficient (Wildman–Crippen LogP) is 4.91. The number of nitrogens with one attached hydrogen (secondary N) is 2. The summed E-state index contributed by atoms with van der Waals surface area (Å²) in [5, 5.41) is 14.5. The van der Waals surface area contributed by atoms with Crippen LogP contribution in [0.3, 0.4) is 0 Å². The first-order valence-electron chi connectivity index (χ1n) is 19.2. The average Bonchev–Trinajstić information content (AvgIpc) is 3.97. The van der Waals surface area contributed by atoms with Crippen LogP contribution in [0.4, 0.5) is 26.3 Å². The molecule has 6 rings (SSSR count). The van der Waals surface area contributed by atoms with Crippen molar-refractivity contribution in [2.24, 2.45) is 24.9 Å². The lowest BCUT2D eigenvalue weighted by atomic mass is 9.91. The van der Waals surface area contributed by atoms with Crippen molar-refractivity contribution in [2.75, 3.05) is 53.5 Å². The van der Waals surface area contributed by atoms with Gasteiger partial charge in [0.05, 0.1) is 23.2 Å². The lowest BCUT2D eigenvalue weighted by Gasteiger charge is -2.28. The number of pyridine rings is 2. The van der Waals surface area contributed by atoms with E-state index in [0.717, 1.165) is 36.3 Å². The third-order valence-corrected chi connectivity index (χ3v) is 10.5. The van der Waals surface area contributed by atoms with Gasteiger partial charge < -0.3 is 29.9 Å². The summed E-state index contributed by atoms with van der Waals surface area (Å²) in [6.07, 6.45) is 0.722. The number of halogens is 6. The van der Waals surface area contributed by atoms with Crippen LogP contribution in [0.1, 0.15) is 61.8 Å². The molecule has 0 unspecified atom stereocenters. The fourth-order valence-corrected chi connectivity index (χ4v) is 7.03. The van der Waals surface area contributed by atoms with Crippen molar-refractivity contribution in [3.8, 4) is 11.8 Å². The highest BCUT2D eigenvalue weighted by Gasteiger charge is 2.41. The smallest absolute Gasteiger partial charge is 0.421 e. The minimum Gasteiger partial charge on any atom is -0.476 e. The van der Waals surface area contributed by atoms with Gasteiger partial charge in [0.1, 0.15) is 24.3 Å². The summed E-state index contributed by atoms with van der Waals surface area (Å²) in [6.45, 7) is 8.95. The number of aromatic nitrogens is 6. The van der Waals surface area contributed by atoms with Crippen molar-refractivity contribution in [1.29, 1.82) is 0 Å². The Morgan fingerprint density at radius 2 is 1.02 bits per heavy atom. The lowest BCUT2D eigenvalue weighted by Crippen LogP contribution is -2.48. The van der Waals surface area contributed by atoms with Crippen LogP contribution in [-0.4, -0.2) is 117 Å². The van der Waals surface area contributed by atoms with Gasteiger partial charge in [-0.25, -0.2) is 9.97 Å². The fourth-order valence-electron chi connectivity index (χ4n) is 7.03. The van der Waals surface area contributed by atoms with Crippen LogP contribution in [-0.2, 0) is 36.0 Å². The molecule has 4 aromatic heterocycles. The number of hydrogen-bond acceptors (Lipinski definition) is 10. The van der Waals surface area contributed by atoms with E-state index in [1.807, 2.05) is 40.6 Å². The number of carbonyl (C=O) groups is 2. The molecule has 2 saturated heterocycles. The highest BCUT2D eigenvalue weighted by atomic mass is 19.4. The number of ether oxygens (including phenoxy) is 2. The van der Waals surface area contributed by atoms with Gasteiger partial charge in [0, 0.05) is 89.0 Å². The van der Waals surface area contributed by atoms with Gasteiger partial charge >= 0.3 is 12.4 Å². The molecule has 4 atom stereocenters. The Labute approximate surface area is 344 Å². The summed E-state index contributed by atoms with van der Waals surface area (Å²) >= 11 is 0. The quantitative estimate of drug-likeness (QED) is 0.189. The number of amides is 2. The molecule has 14 nitrogen and oxygen atoms in total. The Kier molecular flexibility index (Phi) is 13.9. The van der Waals surface area contributed by atoms with E-state index in [1.165, 1.54) is 24.5 Å². The molecule has 0 spiro atoms. The highest BCUT2D eigenvalue weighted by Crippen LogP contribution is 2.37. The van der Waals surface area contributed by atoms with E-state index in [9.17, 15) is 35.9 Å². The van der Waals surface area contributed by atoms with Crippen LogP contribution in [0.2, 0.25) is 0 Å². The van der Waals surface area contributed by atoms with Crippen LogP contribution in [0.25, 0.3) is 0 Å². The molecule has 2 aliphatic rings. The maximum atomic E-state index is 13.1. The van der Waals surface area contributed by atoms with Crippen molar-refractivity contribution in [2.45, 2.75) is 64.0 Å². The molecule has 0 aromatic carbocycles. The molecular formula is C40H52F6N10O4. The van der Waals surface area contributed by atoms with E-state index >= 15 is 0 Å². The zero-order valence-electron chi connectivity index (χ0n) is 34.8. The predicted molar refractivity (Wildman–Crippen MR) is 208 cm³/mol. The van der Waals surface area contributed by atoms with Gasteiger partial charge in [0.25, 0.3) is 0 Å². The van der Waals surface area contributed by atoms with Gasteiger partial charge in [-0.2, -0.15) is 36.5 Å². The third-order valence-electron chi connectivity index (χ3n) is 10.5. The van der Waals surface area contributed by atoms with Gasteiger partial charge in [-0.3, -0.25) is 19.0 Å². The molecule has 2 amide bonds. The number of rotatable bonds is 12. The first-order valence-corrected chi connectivity index (χ1v) is 19.2. The SMILES string of the molecule is CN1C[C@@H](NC(=O)C(C)(C)COc2ncccc2C(F)(F)F)[C@H](c2cnn(C)c2)C1.CN1C[C@H](NC(=O)C(C)(C)COc2ncccc2C(F)(F)F)[C@@H](c2cnn(C)c2)C1. The third kappa shape index (κ3) is 11.5. The Hall–Kier alpha value is -5.24. The number of carbonyl (C=O) groups excluding carboxylic acids is 2. The number of alkyl halides is 6. The molecule has 2 aliphatic heterocycles. The maximum Gasteiger partial charge on any atom is 0.421 e. The second-order valence-electron chi connectivity index (χ2n) is 16.8. The molecule has 4 aromatic rings. The van der Waals surface area contributed by atoms with Crippen molar-refractivity contribution in [3.63, 3.8) is 0 Å². The van der Waals surface area contributed by atoms with Gasteiger partial charge in [-0.15, -0.1) is 0 Å². The van der Waals surface area contributed by atoms with Crippen molar-refractivity contribution >= 4 is 11.8 Å². The topological polar surface area (TPSA) is 145 Å². The van der Waals surface area contributed by atoms with Crippen molar-refractivity contribution in [1.82, 2.24) is 50.0 Å². The summed E-state index contributed by atoms with van der Waals surface area (Å²) in [7, 11) is 7.62. The minimum absolute atomic E-state index is 0.0805. The van der Waals surface area contributed by atoms with Crippen LogP contribution >= 0.6 is 0 Å². The minimum atomic E-state index is -4.58. The second-order valence-corrected chi connectivity index (χ2v) is 16.8. The van der Waals surface area contributed by atoms with Crippen LogP contribution in [0.5, 0.6) is 11.8 Å². The van der Waals surface area contributed by atoms with E-state index in [2.05, 4.69) is 40.6 Å². The van der Waals surface area contributed by atoms with E-state index in [-0.39, 0.29) is 48.9 Å². The van der Waals surface area contributed by atoms with Crippen LogP contribution in [0, 0.1) is 10.8 Å². The molecule has 6 heterocycles. The number of likely N-dealkylation sites (N-methyl/N-ethyl adjacent to an activating group) is 2. The molecule has 0 radical (unpaired) electrons. The van der Waals surface area contributed by atoms with E-state index < -0.39 is 46.1 Å². The Balaban J connectivity index is 0.000000228. The number of hydrogen-bond donors (Lipinski definition) is 2. The molecule has 0 saturated carbocycles. The monoisotopic (exact) mass is 850 g/mol. The van der Waals surface area contributed by atoms with E-state index in [1.54, 1.807) is 49.5 Å². The summed E-state index contributed by atoms with van der Waals surface area (Å²) in [5.74, 6) is -1.48. The molecule has 2 fully saturated rings. The van der Waals surface area contributed by atoms with Gasteiger partial charge in [0.2, 0.25) is 23.6 Å². The Bertz CT molecular complexity index is 1940. The molecular weight excluding hydrogens is 798 g/mol. The van der Waals surface area contributed by atoms with Crippen molar-refractivity contribution in [3.05, 3.63) is 83.7 Å². The second kappa shape index (κ2) is 18.2. The van der Waals surface area contributed by atoms with E-state index in [4.69, 9.17) is 9.47 Å². The number of nitrogens with zero attached hydrogens (tertiary/aromatic N) is 8. The van der Waals surface area contributed by atoms with Gasteiger partial charge in [0.15, 0.2) is 0 Å². The molecule has 0 bridgehead atoms. The van der Waals surface area contributed by atoms with Gasteiger partial charge in [-0.1, -0.05) is 0 Å². The van der Waals surface area contributed by atoms with Crippen LogP contribution in [0.15, 0.2) is 61.4 Å². The Morgan fingerprint density at radius 3 is 1.33 bits per heavy atom. The van der Waals surface area contributed by atoms with Crippen LogP contribution < -0.4 is 20.1 Å². The number of likely N-dealkylation sites (tertiary alicyclic amines) is 2. The summed E-state index contributed by atoms with van der Waals surface area (Å²) in [5.41, 5.74) is -1.97. The largest absolute Gasteiger partial charge is 0.476 e. The maximum absolute atomic E-state index is 13.1. The molecule has 328 valence electrons. The molecule has 20 heteroatoms. The summed E-state index contributed by atoms with van der Waals surface area (Å²) in [4.78, 5) is 37.5. The van der Waals surface area contributed by atoms with Gasteiger partial charge in [-0.05, 0) is 77.2 Å². The normalized spacial score (nSPS) is 20.4. The average molecular weight is 851 g/mol. The molecule has 2 N–H and O–H groups in total. The molecule has 60 heavy (non-hydrogen) atoms. The number of aryl methyl sites for hydroxylation is 2. The Morgan fingerprint density at radius 1 is 0.650 bits per heavy atom. The van der Waals surface area contributed by atoms with Crippen molar-refractivity contribution < 1.29 is 45.4 Å². The zero-order chi connectivity index (χ0) is 44.2. The summed E-state index contributed by atoms with van der Waals surface area (Å²) < 4.78 is 92.9. The zero-order valence-corrected chi connectivity index (χ0v) is 34.8. The highest BCUT2D eigenvalue weighted by molar-refractivity contribution is 5.83. The fraction of sp³-hybridized carbons (Fsp3) is 0.550. The first kappa shape index (κ1) is 45.8. The molecule has 0 aliphatic carbocycles. The first-order chi connectivity index (χ1) is 27.9.